The van der Waals surface area contributed by atoms with Gasteiger partial charge in [-0.25, -0.2) is 8.42 Å². The Labute approximate surface area is 129 Å². The number of hydrogen-bond acceptors (Lipinski definition) is 3. The zero-order chi connectivity index (χ0) is 15.5. The van der Waals surface area contributed by atoms with Crippen LogP contribution in [0, 0.1) is 5.41 Å². The van der Waals surface area contributed by atoms with E-state index in [2.05, 4.69) is 26.1 Å². The fourth-order valence-corrected chi connectivity index (χ4v) is 5.59. The molecule has 1 aromatic rings. The molecular formula is C17H27NO2S. The van der Waals surface area contributed by atoms with Gasteiger partial charge in [-0.05, 0) is 42.9 Å². The fourth-order valence-electron chi connectivity index (χ4n) is 3.59. The van der Waals surface area contributed by atoms with Crippen LogP contribution < -0.4 is 5.32 Å². The summed E-state index contributed by atoms with van der Waals surface area (Å²) in [7, 11) is -3.12. The van der Waals surface area contributed by atoms with E-state index in [1.807, 2.05) is 18.2 Å². The molecule has 0 bridgehead atoms. The molecular weight excluding hydrogens is 282 g/mol. The Balaban J connectivity index is 2.38. The molecule has 0 spiro atoms. The van der Waals surface area contributed by atoms with E-state index >= 15 is 0 Å². The Morgan fingerprint density at radius 1 is 1.19 bits per heavy atom. The molecule has 21 heavy (non-hydrogen) atoms. The van der Waals surface area contributed by atoms with Gasteiger partial charge >= 0.3 is 0 Å². The minimum absolute atomic E-state index is 0.0227. The Kier molecular flexibility index (Phi) is 5.10. The monoisotopic (exact) mass is 309 g/mol. The van der Waals surface area contributed by atoms with Crippen molar-refractivity contribution in [3.8, 4) is 0 Å². The molecule has 3 nitrogen and oxygen atoms in total. The summed E-state index contributed by atoms with van der Waals surface area (Å²) < 4.78 is 24.9. The molecule has 1 aliphatic heterocycles. The lowest BCUT2D eigenvalue weighted by Crippen LogP contribution is -2.39. The molecule has 0 aliphatic carbocycles. The molecule has 2 rings (SSSR count). The third kappa shape index (κ3) is 3.02. The summed E-state index contributed by atoms with van der Waals surface area (Å²) in [5.41, 5.74) is 1.05. The van der Waals surface area contributed by atoms with E-state index in [1.165, 1.54) is 0 Å². The summed E-state index contributed by atoms with van der Waals surface area (Å²) in [6.07, 6.45) is 3.09. The molecule has 1 heterocycles. The first-order valence-corrected chi connectivity index (χ1v) is 9.68. The Hall–Kier alpha value is -0.870. The van der Waals surface area contributed by atoms with Crippen LogP contribution in [0.5, 0.6) is 0 Å². The second-order valence-electron chi connectivity index (χ2n) is 6.12. The van der Waals surface area contributed by atoms with Crippen LogP contribution >= 0.6 is 0 Å². The van der Waals surface area contributed by atoms with Gasteiger partial charge in [-0.3, -0.25) is 0 Å². The predicted octanol–water partition coefficient (Wildman–Crippen LogP) is 3.36. The van der Waals surface area contributed by atoms with E-state index in [0.29, 0.717) is 4.90 Å². The smallest absolute Gasteiger partial charge is 0.179 e. The maximum absolute atomic E-state index is 12.5. The van der Waals surface area contributed by atoms with E-state index in [1.54, 1.807) is 6.07 Å². The van der Waals surface area contributed by atoms with E-state index in [4.69, 9.17) is 0 Å². The molecule has 1 aliphatic rings. The minimum atomic E-state index is -3.12. The van der Waals surface area contributed by atoms with Gasteiger partial charge in [-0.15, -0.1) is 0 Å². The average Bonchev–Trinajstić information content (AvgIpc) is 2.77. The summed E-state index contributed by atoms with van der Waals surface area (Å²) in [5, 5.41) is 3.52. The van der Waals surface area contributed by atoms with Gasteiger partial charge in [0.05, 0.1) is 10.6 Å². The van der Waals surface area contributed by atoms with E-state index in [9.17, 15) is 8.42 Å². The highest BCUT2D eigenvalue weighted by Crippen LogP contribution is 2.48. The van der Waals surface area contributed by atoms with E-state index in [0.717, 1.165) is 37.9 Å². The van der Waals surface area contributed by atoms with Crippen LogP contribution in [0.4, 0.5) is 0 Å². The Bertz CT molecular complexity index is 576. The number of hydrogen-bond donors (Lipinski definition) is 1. The third-order valence-corrected chi connectivity index (χ3v) is 6.88. The summed E-state index contributed by atoms with van der Waals surface area (Å²) in [4.78, 5) is 0.553. The highest BCUT2D eigenvalue weighted by atomic mass is 32.2. The van der Waals surface area contributed by atoms with Crippen molar-refractivity contribution in [2.45, 2.75) is 50.8 Å². The fraction of sp³-hybridized carbons (Fsp3) is 0.647. The van der Waals surface area contributed by atoms with Crippen molar-refractivity contribution in [3.05, 3.63) is 29.8 Å². The summed E-state index contributed by atoms with van der Waals surface area (Å²) in [6, 6.07) is 7.56. The Morgan fingerprint density at radius 2 is 1.86 bits per heavy atom. The molecule has 1 atom stereocenters. The molecule has 1 unspecified atom stereocenters. The predicted molar refractivity (Wildman–Crippen MR) is 87.4 cm³/mol. The second-order valence-corrected chi connectivity index (χ2v) is 8.12. The maximum atomic E-state index is 12.5. The second kappa shape index (κ2) is 6.49. The molecule has 118 valence electrons. The van der Waals surface area contributed by atoms with Gasteiger partial charge in [0.2, 0.25) is 0 Å². The van der Waals surface area contributed by atoms with Crippen LogP contribution in [0.25, 0.3) is 0 Å². The largest absolute Gasteiger partial charge is 0.316 e. The lowest BCUT2D eigenvalue weighted by molar-refractivity contribution is 0.205. The van der Waals surface area contributed by atoms with Gasteiger partial charge in [-0.2, -0.15) is 0 Å². The van der Waals surface area contributed by atoms with E-state index < -0.39 is 9.84 Å². The first kappa shape index (κ1) is 16.5. The molecule has 0 aromatic heterocycles. The molecule has 0 saturated carbocycles. The van der Waals surface area contributed by atoms with Crippen molar-refractivity contribution in [3.63, 3.8) is 0 Å². The van der Waals surface area contributed by atoms with Gasteiger partial charge in [0, 0.05) is 12.5 Å². The molecule has 1 N–H and O–H groups in total. The first-order chi connectivity index (χ1) is 10.0. The van der Waals surface area contributed by atoms with Gasteiger partial charge in [-0.1, -0.05) is 39.0 Å². The van der Waals surface area contributed by atoms with Crippen molar-refractivity contribution in [1.29, 1.82) is 0 Å². The zero-order valence-electron chi connectivity index (χ0n) is 13.4. The van der Waals surface area contributed by atoms with Crippen LogP contribution in [0.15, 0.2) is 29.2 Å². The van der Waals surface area contributed by atoms with Gasteiger partial charge in [0.15, 0.2) is 9.84 Å². The van der Waals surface area contributed by atoms with Crippen LogP contribution in [-0.4, -0.2) is 27.3 Å². The van der Waals surface area contributed by atoms with Gasteiger partial charge < -0.3 is 5.32 Å². The van der Waals surface area contributed by atoms with Crippen LogP contribution in [0.2, 0.25) is 0 Å². The SMILES string of the molecule is CCCNCC(CC)(CC)C1CS(=O)(=O)c2ccccc21. The minimum Gasteiger partial charge on any atom is -0.316 e. The highest BCUT2D eigenvalue weighted by molar-refractivity contribution is 7.91. The number of sulfone groups is 1. The van der Waals surface area contributed by atoms with Crippen molar-refractivity contribution in [2.24, 2.45) is 5.41 Å². The molecule has 0 radical (unpaired) electrons. The average molecular weight is 309 g/mol. The van der Waals surface area contributed by atoms with Crippen molar-refractivity contribution in [2.75, 3.05) is 18.8 Å². The lowest BCUT2D eigenvalue weighted by atomic mass is 9.69. The number of rotatable bonds is 7. The molecule has 0 amide bonds. The first-order valence-electron chi connectivity index (χ1n) is 8.03. The van der Waals surface area contributed by atoms with Crippen molar-refractivity contribution < 1.29 is 8.42 Å². The molecule has 1 aromatic carbocycles. The summed E-state index contributed by atoms with van der Waals surface area (Å²) in [5.74, 6) is 0.375. The van der Waals surface area contributed by atoms with Crippen molar-refractivity contribution >= 4 is 9.84 Å². The molecule has 0 fully saturated rings. The van der Waals surface area contributed by atoms with Crippen LogP contribution in [0.3, 0.4) is 0 Å². The Morgan fingerprint density at radius 3 is 2.48 bits per heavy atom. The zero-order valence-corrected chi connectivity index (χ0v) is 14.2. The standard InChI is InChI=1S/C17H27NO2S/c1-4-11-18-13-17(5-2,6-3)15-12-21(19,20)16-10-8-7-9-14(15)16/h7-10,15,18H,4-6,11-13H2,1-3H3. The number of nitrogens with one attached hydrogen (secondary N) is 1. The quantitative estimate of drug-likeness (QED) is 0.786. The third-order valence-electron chi connectivity index (χ3n) is 5.07. The number of fused-ring (bicyclic) bond motifs is 1. The lowest BCUT2D eigenvalue weighted by Gasteiger charge is -2.38. The van der Waals surface area contributed by atoms with Crippen LogP contribution in [-0.2, 0) is 9.84 Å². The normalized spacial score (nSPS) is 20.4. The van der Waals surface area contributed by atoms with E-state index in [-0.39, 0.29) is 17.1 Å². The van der Waals surface area contributed by atoms with Gasteiger partial charge in [0.25, 0.3) is 0 Å². The topological polar surface area (TPSA) is 46.2 Å². The van der Waals surface area contributed by atoms with Gasteiger partial charge in [0.1, 0.15) is 0 Å². The summed E-state index contributed by atoms with van der Waals surface area (Å²) in [6.45, 7) is 8.41. The van der Waals surface area contributed by atoms with Crippen LogP contribution in [0.1, 0.15) is 51.5 Å². The summed E-state index contributed by atoms with van der Waals surface area (Å²) >= 11 is 0. The highest BCUT2D eigenvalue weighted by Gasteiger charge is 2.45. The molecule has 0 saturated heterocycles. The van der Waals surface area contributed by atoms with Crippen molar-refractivity contribution in [1.82, 2.24) is 5.32 Å². The number of benzene rings is 1. The molecule has 4 heteroatoms. The maximum Gasteiger partial charge on any atom is 0.179 e.